The smallest absolute Gasteiger partial charge is 0.286 e. The topological polar surface area (TPSA) is 20.3 Å². The highest BCUT2D eigenvalue weighted by molar-refractivity contribution is 5.83. The minimum Gasteiger partial charge on any atom is -0.286 e. The maximum absolute atomic E-state index is 11.9. The van der Waals surface area contributed by atoms with E-state index in [1.54, 1.807) is 0 Å². The van der Waals surface area contributed by atoms with Gasteiger partial charge in [-0.15, -0.1) is 0 Å². The van der Waals surface area contributed by atoms with Gasteiger partial charge < -0.3 is 0 Å². The third-order valence-corrected chi connectivity index (χ3v) is 1.24. The van der Waals surface area contributed by atoms with Gasteiger partial charge in [0.1, 0.15) is 0 Å². The number of amides is 1. The second kappa shape index (κ2) is 3.47. The Hall–Kier alpha value is -1.52. The Balaban J connectivity index is 2.79. The molecule has 1 rings (SSSR count). The number of allylic oxidation sites excluding steroid dienone is 4. The fourth-order valence-corrected chi connectivity index (χ4v) is 0.693. The second-order valence-electron chi connectivity index (χ2n) is 2.21. The predicted molar refractivity (Wildman–Crippen MR) is 39.0 cm³/mol. The van der Waals surface area contributed by atoms with Gasteiger partial charge >= 0.3 is 12.1 Å². The van der Waals surface area contributed by atoms with Crippen LogP contribution in [0.2, 0.25) is 0 Å². The van der Waals surface area contributed by atoms with Crippen LogP contribution in [0.3, 0.4) is 0 Å². The van der Waals surface area contributed by atoms with E-state index in [4.69, 9.17) is 0 Å². The van der Waals surface area contributed by atoms with Crippen molar-refractivity contribution in [2.75, 3.05) is 0 Å². The summed E-state index contributed by atoms with van der Waals surface area (Å²) in [5, 5.41) is 0. The SMILES string of the molecule is O=C(N1C=[C]C=CC=C1)C(F)(F)F. The van der Waals surface area contributed by atoms with E-state index in [-0.39, 0.29) is 0 Å². The normalized spacial score (nSPS) is 16.1. The molecular weight excluding hydrogens is 183 g/mol. The zero-order valence-electron chi connectivity index (χ0n) is 6.38. The summed E-state index contributed by atoms with van der Waals surface area (Å²) in [5.41, 5.74) is 0. The summed E-state index contributed by atoms with van der Waals surface area (Å²) in [7, 11) is 0. The highest BCUT2D eigenvalue weighted by atomic mass is 19.4. The van der Waals surface area contributed by atoms with Crippen LogP contribution in [0, 0.1) is 6.08 Å². The number of halogens is 3. The first-order valence-corrected chi connectivity index (χ1v) is 3.34. The highest BCUT2D eigenvalue weighted by Crippen LogP contribution is 2.19. The molecule has 1 aliphatic rings. The van der Waals surface area contributed by atoms with Crippen LogP contribution in [0.1, 0.15) is 0 Å². The Kier molecular flexibility index (Phi) is 2.55. The van der Waals surface area contributed by atoms with Crippen LogP contribution < -0.4 is 0 Å². The summed E-state index contributed by atoms with van der Waals surface area (Å²) in [6.45, 7) is 0. The van der Waals surface area contributed by atoms with E-state index in [9.17, 15) is 18.0 Å². The maximum Gasteiger partial charge on any atom is 0.472 e. The molecule has 1 heterocycles. The molecule has 1 aliphatic heterocycles. The molecule has 1 radical (unpaired) electrons. The Morgan fingerprint density at radius 2 is 2.00 bits per heavy atom. The molecule has 0 aromatic rings. The van der Waals surface area contributed by atoms with Crippen molar-refractivity contribution in [3.05, 3.63) is 36.7 Å². The third-order valence-electron chi connectivity index (χ3n) is 1.24. The van der Waals surface area contributed by atoms with Crippen LogP contribution in [-0.2, 0) is 4.79 Å². The van der Waals surface area contributed by atoms with Crippen LogP contribution in [0.25, 0.3) is 0 Å². The lowest BCUT2D eigenvalue weighted by molar-refractivity contribution is -0.180. The summed E-state index contributed by atoms with van der Waals surface area (Å²) < 4.78 is 35.6. The molecule has 0 spiro atoms. The molecule has 0 N–H and O–H groups in total. The Morgan fingerprint density at radius 3 is 2.62 bits per heavy atom. The summed E-state index contributed by atoms with van der Waals surface area (Å²) in [6, 6.07) is 0. The van der Waals surface area contributed by atoms with Crippen molar-refractivity contribution in [3.63, 3.8) is 0 Å². The minimum atomic E-state index is -4.85. The van der Waals surface area contributed by atoms with E-state index in [0.29, 0.717) is 4.90 Å². The average Bonchev–Trinajstić information content (AvgIpc) is 2.28. The number of carbonyl (C=O) groups excluding carboxylic acids is 1. The van der Waals surface area contributed by atoms with E-state index in [1.165, 1.54) is 18.2 Å². The van der Waals surface area contributed by atoms with Crippen molar-refractivity contribution < 1.29 is 18.0 Å². The lowest BCUT2D eigenvalue weighted by atomic mass is 10.5. The monoisotopic (exact) mass is 188 g/mol. The Bertz CT molecular complexity index is 272. The molecule has 0 aliphatic carbocycles. The van der Waals surface area contributed by atoms with E-state index >= 15 is 0 Å². The zero-order valence-corrected chi connectivity index (χ0v) is 6.38. The van der Waals surface area contributed by atoms with Crippen LogP contribution in [0.4, 0.5) is 13.2 Å². The fraction of sp³-hybridized carbons (Fsp3) is 0.125. The molecule has 2 nitrogen and oxygen atoms in total. The van der Waals surface area contributed by atoms with E-state index in [2.05, 4.69) is 6.08 Å². The zero-order chi connectivity index (χ0) is 9.90. The number of rotatable bonds is 0. The molecule has 0 fully saturated rings. The number of nitrogens with zero attached hydrogens (tertiary/aromatic N) is 1. The van der Waals surface area contributed by atoms with Gasteiger partial charge in [0.25, 0.3) is 0 Å². The van der Waals surface area contributed by atoms with Gasteiger partial charge in [-0.2, -0.15) is 13.2 Å². The van der Waals surface area contributed by atoms with E-state index in [1.807, 2.05) is 0 Å². The largest absolute Gasteiger partial charge is 0.472 e. The van der Waals surface area contributed by atoms with Crippen molar-refractivity contribution >= 4 is 5.91 Å². The maximum atomic E-state index is 11.9. The number of carbonyl (C=O) groups is 1. The minimum absolute atomic E-state index is 0.431. The van der Waals surface area contributed by atoms with E-state index in [0.717, 1.165) is 12.4 Å². The third kappa shape index (κ3) is 2.47. The summed E-state index contributed by atoms with van der Waals surface area (Å²) in [6.07, 6.45) is 3.67. The highest BCUT2D eigenvalue weighted by Gasteiger charge is 2.41. The van der Waals surface area contributed by atoms with Crippen molar-refractivity contribution in [1.82, 2.24) is 4.90 Å². The molecule has 0 bridgehead atoms. The number of hydrogen-bond acceptors (Lipinski definition) is 1. The molecule has 69 valence electrons. The molecule has 0 atom stereocenters. The van der Waals surface area contributed by atoms with Gasteiger partial charge in [-0.05, 0) is 12.2 Å². The first-order chi connectivity index (χ1) is 6.02. The van der Waals surface area contributed by atoms with Gasteiger partial charge in [-0.1, -0.05) is 12.2 Å². The summed E-state index contributed by atoms with van der Waals surface area (Å²) in [5.74, 6) is -1.93. The van der Waals surface area contributed by atoms with Gasteiger partial charge in [-0.25, -0.2) is 0 Å². The van der Waals surface area contributed by atoms with Crippen LogP contribution in [-0.4, -0.2) is 17.0 Å². The fourth-order valence-electron chi connectivity index (χ4n) is 0.693. The first-order valence-electron chi connectivity index (χ1n) is 3.34. The van der Waals surface area contributed by atoms with Gasteiger partial charge in [0, 0.05) is 12.4 Å². The number of alkyl halides is 3. The molecule has 1 amide bonds. The van der Waals surface area contributed by atoms with Gasteiger partial charge in [0.2, 0.25) is 0 Å². The number of hydrogen-bond donors (Lipinski definition) is 0. The van der Waals surface area contributed by atoms with Crippen molar-refractivity contribution in [1.29, 1.82) is 0 Å². The molecular formula is C8H5F3NO. The molecule has 5 heteroatoms. The first kappa shape index (κ1) is 9.57. The second-order valence-corrected chi connectivity index (χ2v) is 2.21. The summed E-state index contributed by atoms with van der Waals surface area (Å²) in [4.78, 5) is 11.1. The van der Waals surface area contributed by atoms with Crippen LogP contribution in [0.15, 0.2) is 30.6 Å². The van der Waals surface area contributed by atoms with Crippen molar-refractivity contribution in [2.24, 2.45) is 0 Å². The van der Waals surface area contributed by atoms with Crippen LogP contribution in [0.5, 0.6) is 0 Å². The van der Waals surface area contributed by atoms with Crippen molar-refractivity contribution in [3.8, 4) is 0 Å². The predicted octanol–water partition coefficient (Wildman–Crippen LogP) is 1.78. The molecule has 0 aromatic carbocycles. The molecule has 13 heavy (non-hydrogen) atoms. The molecule has 0 saturated carbocycles. The molecule has 0 aromatic heterocycles. The lowest BCUT2D eigenvalue weighted by Gasteiger charge is -2.13. The average molecular weight is 188 g/mol. The van der Waals surface area contributed by atoms with E-state index < -0.39 is 12.1 Å². The summed E-state index contributed by atoms with van der Waals surface area (Å²) >= 11 is 0. The van der Waals surface area contributed by atoms with Gasteiger partial charge in [0.05, 0.1) is 0 Å². The van der Waals surface area contributed by atoms with Gasteiger partial charge in [0.15, 0.2) is 0 Å². The Morgan fingerprint density at radius 1 is 1.31 bits per heavy atom. The van der Waals surface area contributed by atoms with Crippen LogP contribution >= 0.6 is 0 Å². The Labute approximate surface area is 72.6 Å². The lowest BCUT2D eigenvalue weighted by Crippen LogP contribution is -2.34. The standard InChI is InChI=1S/C8H5F3NO/c9-8(10,11)7(13)12-5-3-1-2-4-6-12/h1-3,5-6H. The van der Waals surface area contributed by atoms with Gasteiger partial charge in [-0.3, -0.25) is 9.69 Å². The molecule has 0 unspecified atom stereocenters. The quantitative estimate of drug-likeness (QED) is 0.567. The van der Waals surface area contributed by atoms with Crippen molar-refractivity contribution in [2.45, 2.75) is 6.18 Å². The molecule has 0 saturated heterocycles.